The highest BCUT2D eigenvalue weighted by Gasteiger charge is 2.17. The second kappa shape index (κ2) is 7.12. The SMILES string of the molecule is CN(CCOc1cccc(Br)c1)C1CCNCC1. The first kappa shape index (κ1) is 13.8. The second-order valence-corrected chi connectivity index (χ2v) is 5.68. The van der Waals surface area contributed by atoms with Crippen LogP contribution in [0.1, 0.15) is 12.8 Å². The number of ether oxygens (including phenoxy) is 1. The van der Waals surface area contributed by atoms with Crippen LogP contribution in [0.2, 0.25) is 0 Å². The highest BCUT2D eigenvalue weighted by molar-refractivity contribution is 9.10. The molecule has 2 rings (SSSR count). The molecule has 1 heterocycles. The standard InChI is InChI=1S/C14H21BrN2O/c1-17(13-5-7-16-8-6-13)9-10-18-14-4-2-3-12(15)11-14/h2-4,11,13,16H,5-10H2,1H3. The number of halogens is 1. The van der Waals surface area contributed by atoms with Crippen molar-refractivity contribution in [2.75, 3.05) is 33.3 Å². The van der Waals surface area contributed by atoms with Gasteiger partial charge in [0.1, 0.15) is 12.4 Å². The molecule has 1 aromatic carbocycles. The summed E-state index contributed by atoms with van der Waals surface area (Å²) in [7, 11) is 2.19. The van der Waals surface area contributed by atoms with Crippen LogP contribution in [0.15, 0.2) is 28.7 Å². The lowest BCUT2D eigenvalue weighted by Gasteiger charge is -2.31. The second-order valence-electron chi connectivity index (χ2n) is 4.77. The zero-order valence-corrected chi connectivity index (χ0v) is 12.4. The molecule has 0 radical (unpaired) electrons. The van der Waals surface area contributed by atoms with Gasteiger partial charge in [0, 0.05) is 17.1 Å². The topological polar surface area (TPSA) is 24.5 Å². The van der Waals surface area contributed by atoms with Crippen molar-refractivity contribution in [1.29, 1.82) is 0 Å². The van der Waals surface area contributed by atoms with Gasteiger partial charge >= 0.3 is 0 Å². The van der Waals surface area contributed by atoms with Crippen LogP contribution >= 0.6 is 15.9 Å². The van der Waals surface area contributed by atoms with Gasteiger partial charge in [-0.2, -0.15) is 0 Å². The fourth-order valence-electron chi connectivity index (χ4n) is 2.29. The fraction of sp³-hybridized carbons (Fsp3) is 0.571. The minimum absolute atomic E-state index is 0.706. The van der Waals surface area contributed by atoms with Crippen LogP contribution in [0.5, 0.6) is 5.75 Å². The molecule has 0 aliphatic carbocycles. The number of likely N-dealkylation sites (N-methyl/N-ethyl adjacent to an activating group) is 1. The molecular weight excluding hydrogens is 292 g/mol. The third kappa shape index (κ3) is 4.26. The number of nitrogens with one attached hydrogen (secondary N) is 1. The minimum Gasteiger partial charge on any atom is -0.492 e. The minimum atomic E-state index is 0.706. The van der Waals surface area contributed by atoms with Crippen LogP contribution in [-0.2, 0) is 0 Å². The Morgan fingerprint density at radius 1 is 1.39 bits per heavy atom. The summed E-state index contributed by atoms with van der Waals surface area (Å²) in [6.07, 6.45) is 2.49. The molecule has 0 atom stereocenters. The molecule has 1 aliphatic rings. The average molecular weight is 313 g/mol. The Kier molecular flexibility index (Phi) is 5.47. The normalized spacial score (nSPS) is 17.1. The van der Waals surface area contributed by atoms with Crippen molar-refractivity contribution in [3.63, 3.8) is 0 Å². The van der Waals surface area contributed by atoms with Crippen molar-refractivity contribution in [2.45, 2.75) is 18.9 Å². The third-order valence-electron chi connectivity index (χ3n) is 3.44. The Bertz CT molecular complexity index is 367. The Morgan fingerprint density at radius 3 is 2.89 bits per heavy atom. The lowest BCUT2D eigenvalue weighted by molar-refractivity contribution is 0.165. The number of hydrogen-bond acceptors (Lipinski definition) is 3. The monoisotopic (exact) mass is 312 g/mol. The van der Waals surface area contributed by atoms with Gasteiger partial charge in [0.15, 0.2) is 0 Å². The molecule has 0 unspecified atom stereocenters. The molecule has 0 saturated carbocycles. The van der Waals surface area contributed by atoms with Crippen molar-refractivity contribution in [3.05, 3.63) is 28.7 Å². The number of hydrogen-bond donors (Lipinski definition) is 1. The van der Waals surface area contributed by atoms with Crippen LogP contribution < -0.4 is 10.1 Å². The summed E-state index contributed by atoms with van der Waals surface area (Å²) >= 11 is 3.45. The van der Waals surface area contributed by atoms with Gasteiger partial charge in [0.2, 0.25) is 0 Å². The van der Waals surface area contributed by atoms with E-state index in [1.165, 1.54) is 12.8 Å². The molecule has 0 amide bonds. The molecule has 1 aromatic rings. The van der Waals surface area contributed by atoms with Gasteiger partial charge < -0.3 is 10.1 Å². The lowest BCUT2D eigenvalue weighted by atomic mass is 10.1. The number of benzene rings is 1. The molecule has 3 nitrogen and oxygen atoms in total. The van der Waals surface area contributed by atoms with E-state index in [4.69, 9.17) is 4.74 Å². The van der Waals surface area contributed by atoms with E-state index in [1.54, 1.807) is 0 Å². The van der Waals surface area contributed by atoms with E-state index in [0.717, 1.165) is 36.5 Å². The highest BCUT2D eigenvalue weighted by atomic mass is 79.9. The van der Waals surface area contributed by atoms with E-state index in [2.05, 4.69) is 33.2 Å². The zero-order chi connectivity index (χ0) is 12.8. The smallest absolute Gasteiger partial charge is 0.120 e. The summed E-state index contributed by atoms with van der Waals surface area (Å²) in [5.74, 6) is 0.933. The Hall–Kier alpha value is -0.580. The van der Waals surface area contributed by atoms with Gasteiger partial charge in [-0.15, -0.1) is 0 Å². The quantitative estimate of drug-likeness (QED) is 0.904. The highest BCUT2D eigenvalue weighted by Crippen LogP contribution is 2.17. The summed E-state index contributed by atoms with van der Waals surface area (Å²) < 4.78 is 6.82. The largest absolute Gasteiger partial charge is 0.492 e. The van der Waals surface area contributed by atoms with Crippen LogP contribution in [0.3, 0.4) is 0 Å². The van der Waals surface area contributed by atoms with Gasteiger partial charge in [0.25, 0.3) is 0 Å². The Morgan fingerprint density at radius 2 is 2.17 bits per heavy atom. The lowest BCUT2D eigenvalue weighted by Crippen LogP contribution is -2.42. The summed E-state index contributed by atoms with van der Waals surface area (Å²) in [5.41, 5.74) is 0. The first-order valence-electron chi connectivity index (χ1n) is 6.55. The molecule has 0 bridgehead atoms. The van der Waals surface area contributed by atoms with E-state index in [0.29, 0.717) is 6.04 Å². The van der Waals surface area contributed by atoms with Crippen LogP contribution in [0.25, 0.3) is 0 Å². The molecule has 1 aliphatic heterocycles. The van der Waals surface area contributed by atoms with Crippen molar-refractivity contribution in [3.8, 4) is 5.75 Å². The Labute approximate surface area is 118 Å². The first-order valence-corrected chi connectivity index (χ1v) is 7.34. The molecule has 0 aromatic heterocycles. The van der Waals surface area contributed by atoms with Crippen molar-refractivity contribution in [1.82, 2.24) is 10.2 Å². The maximum Gasteiger partial charge on any atom is 0.120 e. The van der Waals surface area contributed by atoms with Gasteiger partial charge in [-0.05, 0) is 51.2 Å². The number of nitrogens with zero attached hydrogens (tertiary/aromatic N) is 1. The van der Waals surface area contributed by atoms with Crippen LogP contribution in [-0.4, -0.2) is 44.2 Å². The molecule has 4 heteroatoms. The first-order chi connectivity index (χ1) is 8.75. The summed E-state index contributed by atoms with van der Waals surface area (Å²) in [4.78, 5) is 2.42. The molecule has 1 N–H and O–H groups in total. The van der Waals surface area contributed by atoms with Gasteiger partial charge in [0.05, 0.1) is 0 Å². The molecule has 1 saturated heterocycles. The predicted octanol–water partition coefficient (Wildman–Crippen LogP) is 2.51. The van der Waals surface area contributed by atoms with E-state index < -0.39 is 0 Å². The maximum absolute atomic E-state index is 5.76. The molecular formula is C14H21BrN2O. The van der Waals surface area contributed by atoms with Crippen molar-refractivity contribution in [2.24, 2.45) is 0 Å². The molecule has 100 valence electrons. The predicted molar refractivity (Wildman–Crippen MR) is 78.2 cm³/mol. The van der Waals surface area contributed by atoms with E-state index in [1.807, 2.05) is 24.3 Å². The zero-order valence-electron chi connectivity index (χ0n) is 10.9. The fourth-order valence-corrected chi connectivity index (χ4v) is 2.67. The van der Waals surface area contributed by atoms with Gasteiger partial charge in [-0.1, -0.05) is 22.0 Å². The number of rotatable bonds is 5. The summed E-state index contributed by atoms with van der Waals surface area (Å²) in [6, 6.07) is 8.71. The number of piperidine rings is 1. The molecule has 18 heavy (non-hydrogen) atoms. The third-order valence-corrected chi connectivity index (χ3v) is 3.93. The average Bonchev–Trinajstić information content (AvgIpc) is 2.40. The summed E-state index contributed by atoms with van der Waals surface area (Å²) in [5, 5.41) is 3.39. The van der Waals surface area contributed by atoms with E-state index >= 15 is 0 Å². The van der Waals surface area contributed by atoms with Gasteiger partial charge in [-0.25, -0.2) is 0 Å². The van der Waals surface area contributed by atoms with Gasteiger partial charge in [-0.3, -0.25) is 4.90 Å². The maximum atomic E-state index is 5.76. The molecule has 0 spiro atoms. The van der Waals surface area contributed by atoms with Crippen molar-refractivity contribution >= 4 is 15.9 Å². The van der Waals surface area contributed by atoms with Crippen LogP contribution in [0, 0.1) is 0 Å². The Balaban J connectivity index is 1.71. The molecule has 1 fully saturated rings. The van der Waals surface area contributed by atoms with E-state index in [9.17, 15) is 0 Å². The van der Waals surface area contributed by atoms with E-state index in [-0.39, 0.29) is 0 Å². The van der Waals surface area contributed by atoms with Crippen molar-refractivity contribution < 1.29 is 4.74 Å². The van der Waals surface area contributed by atoms with Crippen LogP contribution in [0.4, 0.5) is 0 Å². The summed E-state index contributed by atoms with van der Waals surface area (Å²) in [6.45, 7) is 4.01.